The molecule has 0 aliphatic carbocycles. The van der Waals surface area contributed by atoms with Gasteiger partial charge in [-0.2, -0.15) is 13.2 Å². The fourth-order valence-electron chi connectivity index (χ4n) is 2.41. The lowest BCUT2D eigenvalue weighted by Gasteiger charge is -2.15. The van der Waals surface area contributed by atoms with Gasteiger partial charge in [0.2, 0.25) is 5.91 Å². The van der Waals surface area contributed by atoms with Crippen LogP contribution in [0.15, 0.2) is 29.3 Å². The van der Waals surface area contributed by atoms with E-state index in [1.807, 2.05) is 13.8 Å². The highest BCUT2D eigenvalue weighted by atomic mass is 19.4. The fourth-order valence-corrected chi connectivity index (χ4v) is 2.41. The number of hydrogen-bond acceptors (Lipinski definition) is 2. The van der Waals surface area contributed by atoms with E-state index >= 15 is 0 Å². The summed E-state index contributed by atoms with van der Waals surface area (Å²) in [5.74, 6) is 0.575. The molecule has 0 aliphatic rings. The predicted octanol–water partition coefficient (Wildman–Crippen LogP) is 3.23. The topological polar surface area (TPSA) is 56.7 Å². The van der Waals surface area contributed by atoms with Crippen molar-refractivity contribution in [1.29, 1.82) is 0 Å². The lowest BCUT2D eigenvalue weighted by atomic mass is 9.96. The van der Waals surface area contributed by atoms with E-state index in [1.54, 1.807) is 20.2 Å². The lowest BCUT2D eigenvalue weighted by Crippen LogP contribution is -2.39. The van der Waals surface area contributed by atoms with Crippen molar-refractivity contribution in [2.45, 2.75) is 38.8 Å². The number of nitrogens with one attached hydrogen (secondary N) is 2. The number of carbonyl (C=O) groups is 1. The van der Waals surface area contributed by atoms with E-state index in [-0.39, 0.29) is 11.8 Å². The Morgan fingerprint density at radius 2 is 1.96 bits per heavy atom. The van der Waals surface area contributed by atoms with Crippen molar-refractivity contribution in [3.8, 4) is 0 Å². The average Bonchev–Trinajstić information content (AvgIpc) is 2.60. The van der Waals surface area contributed by atoms with E-state index in [0.29, 0.717) is 44.0 Å². The predicted molar refractivity (Wildman–Crippen MR) is 102 cm³/mol. The summed E-state index contributed by atoms with van der Waals surface area (Å²) in [6.07, 6.45) is -3.35. The zero-order valence-corrected chi connectivity index (χ0v) is 16.4. The van der Waals surface area contributed by atoms with Crippen molar-refractivity contribution in [1.82, 2.24) is 15.5 Å². The molecule has 0 saturated carbocycles. The van der Waals surface area contributed by atoms with Gasteiger partial charge in [-0.25, -0.2) is 0 Å². The molecule has 8 heteroatoms. The van der Waals surface area contributed by atoms with Gasteiger partial charge in [-0.1, -0.05) is 25.1 Å². The van der Waals surface area contributed by atoms with Crippen LogP contribution < -0.4 is 10.6 Å². The molecule has 0 fully saturated rings. The second kappa shape index (κ2) is 10.8. The number of hydrogen-bond donors (Lipinski definition) is 2. The monoisotopic (exact) mass is 386 g/mol. The maximum absolute atomic E-state index is 12.8. The van der Waals surface area contributed by atoms with Crippen LogP contribution in [0.2, 0.25) is 0 Å². The Hall–Kier alpha value is -2.25. The van der Waals surface area contributed by atoms with E-state index in [1.165, 1.54) is 17.0 Å². The van der Waals surface area contributed by atoms with E-state index < -0.39 is 11.7 Å². The molecular formula is C19H29F3N4O. The highest BCUT2D eigenvalue weighted by molar-refractivity contribution is 5.81. The van der Waals surface area contributed by atoms with Gasteiger partial charge in [0.1, 0.15) is 0 Å². The van der Waals surface area contributed by atoms with Crippen LogP contribution in [0.4, 0.5) is 13.2 Å². The number of halogens is 3. The van der Waals surface area contributed by atoms with Crippen LogP contribution >= 0.6 is 0 Å². The van der Waals surface area contributed by atoms with Gasteiger partial charge in [-0.3, -0.25) is 9.79 Å². The first-order chi connectivity index (χ1) is 12.6. The minimum absolute atomic E-state index is 0.0246. The highest BCUT2D eigenvalue weighted by Gasteiger charge is 2.30. The van der Waals surface area contributed by atoms with Crippen LogP contribution in [0.3, 0.4) is 0 Å². The van der Waals surface area contributed by atoms with Crippen molar-refractivity contribution in [2.75, 3.05) is 33.7 Å². The van der Waals surface area contributed by atoms with Gasteiger partial charge in [0, 0.05) is 40.2 Å². The summed E-state index contributed by atoms with van der Waals surface area (Å²) in [6, 6.07) is 5.42. The lowest BCUT2D eigenvalue weighted by molar-refractivity contribution is -0.137. The van der Waals surface area contributed by atoms with Crippen molar-refractivity contribution < 1.29 is 18.0 Å². The van der Waals surface area contributed by atoms with Crippen LogP contribution in [0.1, 0.15) is 43.7 Å². The van der Waals surface area contributed by atoms with E-state index in [2.05, 4.69) is 15.6 Å². The molecule has 0 heterocycles. The molecule has 0 spiro atoms. The molecular weight excluding hydrogens is 357 g/mol. The summed E-state index contributed by atoms with van der Waals surface area (Å²) in [4.78, 5) is 17.6. The summed E-state index contributed by atoms with van der Waals surface area (Å²) < 4.78 is 38.5. The molecule has 1 aromatic rings. The molecule has 0 bridgehead atoms. The largest absolute Gasteiger partial charge is 0.416 e. The molecule has 5 nitrogen and oxygen atoms in total. The number of benzene rings is 1. The Morgan fingerprint density at radius 3 is 2.56 bits per heavy atom. The van der Waals surface area contributed by atoms with Crippen LogP contribution in [0.5, 0.6) is 0 Å². The Balaban J connectivity index is 2.58. The second-order valence-corrected chi connectivity index (χ2v) is 6.54. The van der Waals surface area contributed by atoms with Crippen molar-refractivity contribution in [2.24, 2.45) is 4.99 Å². The first kappa shape index (κ1) is 22.8. The van der Waals surface area contributed by atoms with Crippen molar-refractivity contribution in [3.63, 3.8) is 0 Å². The number of rotatable bonds is 8. The molecule has 1 unspecified atom stereocenters. The number of carbonyl (C=O) groups excluding carboxylic acids is 1. The molecule has 0 aliphatic heterocycles. The van der Waals surface area contributed by atoms with Crippen molar-refractivity contribution in [3.05, 3.63) is 35.4 Å². The van der Waals surface area contributed by atoms with Gasteiger partial charge < -0.3 is 15.5 Å². The van der Waals surface area contributed by atoms with Crippen LogP contribution in [-0.4, -0.2) is 50.5 Å². The zero-order chi connectivity index (χ0) is 20.4. The zero-order valence-electron chi connectivity index (χ0n) is 16.4. The maximum Gasteiger partial charge on any atom is 0.416 e. The van der Waals surface area contributed by atoms with Gasteiger partial charge in [0.15, 0.2) is 5.96 Å². The molecule has 1 rings (SSSR count). The van der Waals surface area contributed by atoms with E-state index in [4.69, 9.17) is 0 Å². The number of alkyl halides is 3. The van der Waals surface area contributed by atoms with Crippen LogP contribution in [-0.2, 0) is 11.0 Å². The normalized spacial score (nSPS) is 13.2. The molecule has 1 atom stereocenters. The number of guanidine groups is 1. The third-order valence-corrected chi connectivity index (χ3v) is 4.09. The van der Waals surface area contributed by atoms with Crippen molar-refractivity contribution >= 4 is 11.9 Å². The summed E-state index contributed by atoms with van der Waals surface area (Å²) in [6.45, 7) is 5.44. The van der Waals surface area contributed by atoms with Crippen LogP contribution in [0.25, 0.3) is 0 Å². The number of amides is 1. The molecule has 2 N–H and O–H groups in total. The Bertz CT molecular complexity index is 630. The summed E-state index contributed by atoms with van der Waals surface area (Å²) >= 11 is 0. The third kappa shape index (κ3) is 8.32. The maximum atomic E-state index is 12.8. The molecule has 0 saturated heterocycles. The number of aliphatic imine (C=N–C) groups is 1. The first-order valence-electron chi connectivity index (χ1n) is 9.04. The molecule has 1 aromatic carbocycles. The molecule has 0 radical (unpaired) electrons. The summed E-state index contributed by atoms with van der Waals surface area (Å²) in [7, 11) is 3.41. The van der Waals surface area contributed by atoms with Gasteiger partial charge in [-0.05, 0) is 30.9 Å². The third-order valence-electron chi connectivity index (χ3n) is 4.09. The first-order valence-corrected chi connectivity index (χ1v) is 9.04. The molecule has 27 heavy (non-hydrogen) atoms. The Kier molecular flexibility index (Phi) is 9.11. The summed E-state index contributed by atoms with van der Waals surface area (Å²) in [5, 5.41) is 6.18. The van der Waals surface area contributed by atoms with Gasteiger partial charge >= 0.3 is 6.18 Å². The van der Waals surface area contributed by atoms with E-state index in [0.717, 1.165) is 6.07 Å². The molecule has 1 amide bonds. The molecule has 0 aromatic heterocycles. The average molecular weight is 386 g/mol. The highest BCUT2D eigenvalue weighted by Crippen LogP contribution is 2.31. The minimum Gasteiger partial charge on any atom is -0.357 e. The number of nitrogens with zero attached hydrogens (tertiary/aromatic N) is 2. The molecule has 152 valence electrons. The SMILES string of the molecule is CCNC(=NCCC(C)c1cccc(C(F)(F)F)c1)NCCC(=O)N(C)C. The fraction of sp³-hybridized carbons (Fsp3) is 0.579. The summed E-state index contributed by atoms with van der Waals surface area (Å²) in [5.41, 5.74) is 0.0190. The van der Waals surface area contributed by atoms with Crippen LogP contribution in [0, 0.1) is 0 Å². The quantitative estimate of drug-likeness (QED) is 0.533. The minimum atomic E-state index is -4.33. The van der Waals surface area contributed by atoms with Gasteiger partial charge in [0.05, 0.1) is 5.56 Å². The Morgan fingerprint density at radius 1 is 1.26 bits per heavy atom. The van der Waals surface area contributed by atoms with E-state index in [9.17, 15) is 18.0 Å². The smallest absolute Gasteiger partial charge is 0.357 e. The van der Waals surface area contributed by atoms with Gasteiger partial charge in [0.25, 0.3) is 0 Å². The standard InChI is InChI=1S/C19H29F3N4O/c1-5-23-18(25-12-10-17(27)26(3)4)24-11-9-14(2)15-7-6-8-16(13-15)19(20,21)22/h6-8,13-14H,5,9-12H2,1-4H3,(H2,23,24,25). The second-order valence-electron chi connectivity index (χ2n) is 6.54. The van der Waals surface area contributed by atoms with Gasteiger partial charge in [-0.15, -0.1) is 0 Å². The Labute approximate surface area is 159 Å².